The van der Waals surface area contributed by atoms with Gasteiger partial charge in [-0.15, -0.1) is 11.8 Å². The molecule has 0 amide bonds. The topological polar surface area (TPSA) is 44.8 Å². The van der Waals surface area contributed by atoms with Crippen LogP contribution in [0.1, 0.15) is 6.92 Å². The fourth-order valence-electron chi connectivity index (χ4n) is 0.958. The lowest BCUT2D eigenvalue weighted by atomic mass is 10.3. The molecule has 102 valence electrons. The number of carbonyl (C=O) groups excluding carboxylic acids is 1. The summed E-state index contributed by atoms with van der Waals surface area (Å²) in [5.41, 5.74) is 0. The van der Waals surface area contributed by atoms with Crippen LogP contribution < -0.4 is 4.74 Å². The molecule has 1 aromatic carbocycles. The Hall–Kier alpha value is -1.04. The lowest BCUT2D eigenvalue weighted by Crippen LogP contribution is -2.05. The van der Waals surface area contributed by atoms with Gasteiger partial charge in [-0.2, -0.15) is 0 Å². The van der Waals surface area contributed by atoms with Crippen LogP contribution in [-0.4, -0.2) is 39.7 Å². The number of methoxy groups -OCH3 is 3. The van der Waals surface area contributed by atoms with Crippen LogP contribution in [0.15, 0.2) is 29.2 Å². The third-order valence-electron chi connectivity index (χ3n) is 2.04. The summed E-state index contributed by atoms with van der Waals surface area (Å²) < 4.78 is 14.5. The molecule has 0 aliphatic carbocycles. The molecule has 0 atom stereocenters. The predicted octanol–water partition coefficient (Wildman–Crippen LogP) is 2.61. The second-order valence-corrected chi connectivity index (χ2v) is 4.23. The van der Waals surface area contributed by atoms with E-state index in [2.05, 4.69) is 9.47 Å². The van der Waals surface area contributed by atoms with Crippen LogP contribution in [0.4, 0.5) is 0 Å². The van der Waals surface area contributed by atoms with Gasteiger partial charge in [0.25, 0.3) is 0 Å². The first-order valence-corrected chi connectivity index (χ1v) is 6.43. The summed E-state index contributed by atoms with van der Waals surface area (Å²) in [5.74, 6) is 1.30. The fourth-order valence-corrected chi connectivity index (χ4v) is 1.67. The molecule has 0 spiro atoms. The summed E-state index contributed by atoms with van der Waals surface area (Å²) in [6.45, 7) is 1.83. The second-order valence-electron chi connectivity index (χ2n) is 3.17. The van der Waals surface area contributed by atoms with Gasteiger partial charge in [-0.1, -0.05) is 12.1 Å². The SMILES string of the molecule is COC(C)OC.COc1ccccc1SCC=O. The van der Waals surface area contributed by atoms with Gasteiger partial charge < -0.3 is 19.0 Å². The van der Waals surface area contributed by atoms with Gasteiger partial charge in [0.15, 0.2) is 6.29 Å². The van der Waals surface area contributed by atoms with E-state index < -0.39 is 0 Å². The summed E-state index contributed by atoms with van der Waals surface area (Å²) in [6, 6.07) is 7.65. The third kappa shape index (κ3) is 7.32. The molecule has 1 rings (SSSR count). The van der Waals surface area contributed by atoms with E-state index in [1.807, 2.05) is 31.2 Å². The molecule has 18 heavy (non-hydrogen) atoms. The number of hydrogen-bond acceptors (Lipinski definition) is 5. The number of aldehydes is 1. The minimum atomic E-state index is -0.0648. The highest BCUT2D eigenvalue weighted by atomic mass is 32.2. The Morgan fingerprint density at radius 3 is 2.28 bits per heavy atom. The molecular weight excluding hydrogens is 252 g/mol. The molecule has 0 aliphatic rings. The largest absolute Gasteiger partial charge is 0.496 e. The van der Waals surface area contributed by atoms with Gasteiger partial charge in [-0.25, -0.2) is 0 Å². The molecule has 0 radical (unpaired) electrons. The highest BCUT2D eigenvalue weighted by Gasteiger charge is 1.99. The fraction of sp³-hybridized carbons (Fsp3) is 0.462. The van der Waals surface area contributed by atoms with Crippen LogP contribution >= 0.6 is 11.8 Å². The first-order valence-electron chi connectivity index (χ1n) is 5.44. The van der Waals surface area contributed by atoms with Gasteiger partial charge >= 0.3 is 0 Å². The molecule has 0 bridgehead atoms. The molecular formula is C13H20O4S. The molecule has 5 heteroatoms. The molecule has 0 aromatic heterocycles. The van der Waals surface area contributed by atoms with Crippen molar-refractivity contribution in [3.63, 3.8) is 0 Å². The van der Waals surface area contributed by atoms with Crippen molar-refractivity contribution in [2.75, 3.05) is 27.1 Å². The standard InChI is InChI=1S/C9H10O2S.C4H10O2/c1-11-8-4-2-3-5-9(8)12-7-6-10;1-4(5-2)6-3/h2-6H,7H2,1H3;4H,1-3H3. The van der Waals surface area contributed by atoms with Gasteiger partial charge in [0.2, 0.25) is 0 Å². The van der Waals surface area contributed by atoms with Gasteiger partial charge in [-0.3, -0.25) is 0 Å². The van der Waals surface area contributed by atoms with E-state index >= 15 is 0 Å². The Labute approximate surface area is 113 Å². The lowest BCUT2D eigenvalue weighted by Gasteiger charge is -2.04. The molecule has 0 saturated heterocycles. The Balaban J connectivity index is 0.000000411. The van der Waals surface area contributed by atoms with Crippen LogP contribution in [0.2, 0.25) is 0 Å². The molecule has 1 aromatic rings. The summed E-state index contributed by atoms with van der Waals surface area (Å²) in [7, 11) is 4.84. The Bertz CT molecular complexity index is 327. The number of benzene rings is 1. The highest BCUT2D eigenvalue weighted by molar-refractivity contribution is 8.00. The van der Waals surface area contributed by atoms with Crippen molar-refractivity contribution in [2.24, 2.45) is 0 Å². The van der Waals surface area contributed by atoms with Crippen molar-refractivity contribution in [3.8, 4) is 5.75 Å². The summed E-state index contributed by atoms with van der Waals surface area (Å²) >= 11 is 1.48. The van der Waals surface area contributed by atoms with Gasteiger partial charge in [0.1, 0.15) is 12.0 Å². The van der Waals surface area contributed by atoms with E-state index in [4.69, 9.17) is 4.74 Å². The minimum Gasteiger partial charge on any atom is -0.496 e. The maximum Gasteiger partial charge on any atom is 0.154 e. The third-order valence-corrected chi connectivity index (χ3v) is 2.99. The summed E-state index contributed by atoms with van der Waals surface area (Å²) in [5, 5.41) is 0. The average molecular weight is 272 g/mol. The maximum atomic E-state index is 10.1. The zero-order valence-electron chi connectivity index (χ0n) is 11.2. The molecule has 0 heterocycles. The normalized spacial score (nSPS) is 9.61. The van der Waals surface area contributed by atoms with E-state index in [1.54, 1.807) is 21.3 Å². The summed E-state index contributed by atoms with van der Waals surface area (Å²) in [4.78, 5) is 11.1. The van der Waals surface area contributed by atoms with Crippen LogP contribution in [-0.2, 0) is 14.3 Å². The van der Waals surface area contributed by atoms with E-state index in [9.17, 15) is 4.79 Å². The summed E-state index contributed by atoms with van der Waals surface area (Å²) in [6.07, 6.45) is 0.821. The van der Waals surface area contributed by atoms with Crippen LogP contribution in [0.25, 0.3) is 0 Å². The molecule has 0 saturated carbocycles. The molecule has 0 unspecified atom stereocenters. The van der Waals surface area contributed by atoms with Gasteiger partial charge in [0, 0.05) is 19.1 Å². The highest BCUT2D eigenvalue weighted by Crippen LogP contribution is 2.27. The smallest absolute Gasteiger partial charge is 0.154 e. The van der Waals surface area contributed by atoms with E-state index in [1.165, 1.54) is 11.8 Å². The second kappa shape index (κ2) is 11.1. The molecule has 4 nitrogen and oxygen atoms in total. The monoisotopic (exact) mass is 272 g/mol. The Morgan fingerprint density at radius 1 is 1.22 bits per heavy atom. The first-order chi connectivity index (χ1) is 8.69. The number of hydrogen-bond donors (Lipinski definition) is 0. The zero-order valence-corrected chi connectivity index (χ0v) is 12.0. The lowest BCUT2D eigenvalue weighted by molar-refractivity contribution is -0.105. The molecule has 0 N–H and O–H groups in total. The van der Waals surface area contributed by atoms with Crippen molar-refractivity contribution in [3.05, 3.63) is 24.3 Å². The van der Waals surface area contributed by atoms with Crippen molar-refractivity contribution in [1.82, 2.24) is 0 Å². The maximum absolute atomic E-state index is 10.1. The van der Waals surface area contributed by atoms with Crippen molar-refractivity contribution in [2.45, 2.75) is 18.1 Å². The van der Waals surface area contributed by atoms with Crippen molar-refractivity contribution >= 4 is 18.0 Å². The van der Waals surface area contributed by atoms with Crippen LogP contribution in [0, 0.1) is 0 Å². The number of thioether (sulfide) groups is 1. The quantitative estimate of drug-likeness (QED) is 0.452. The van der Waals surface area contributed by atoms with Crippen LogP contribution in [0.3, 0.4) is 0 Å². The number of para-hydroxylation sites is 1. The van der Waals surface area contributed by atoms with Gasteiger partial charge in [-0.05, 0) is 19.1 Å². The first kappa shape index (κ1) is 17.0. The zero-order chi connectivity index (χ0) is 13.8. The van der Waals surface area contributed by atoms with E-state index in [-0.39, 0.29) is 6.29 Å². The number of carbonyl (C=O) groups is 1. The predicted molar refractivity (Wildman–Crippen MR) is 73.3 cm³/mol. The van der Waals surface area contributed by atoms with E-state index in [0.717, 1.165) is 16.9 Å². The average Bonchev–Trinajstić information content (AvgIpc) is 2.45. The molecule has 0 aliphatic heterocycles. The number of rotatable bonds is 6. The van der Waals surface area contributed by atoms with Crippen LogP contribution in [0.5, 0.6) is 5.75 Å². The number of ether oxygens (including phenoxy) is 3. The minimum absolute atomic E-state index is 0.0648. The van der Waals surface area contributed by atoms with Crippen molar-refractivity contribution in [1.29, 1.82) is 0 Å². The molecule has 0 fully saturated rings. The van der Waals surface area contributed by atoms with E-state index in [0.29, 0.717) is 5.75 Å². The van der Waals surface area contributed by atoms with Crippen molar-refractivity contribution < 1.29 is 19.0 Å². The Morgan fingerprint density at radius 2 is 1.83 bits per heavy atom. The van der Waals surface area contributed by atoms with Gasteiger partial charge in [0.05, 0.1) is 12.9 Å². The Kier molecular flexibility index (Phi) is 10.4.